The van der Waals surface area contributed by atoms with Gasteiger partial charge in [0.2, 0.25) is 0 Å². The number of benzene rings is 1. The summed E-state index contributed by atoms with van der Waals surface area (Å²) in [5.41, 5.74) is 8.59. The Labute approximate surface area is 79.4 Å². The zero-order valence-electron chi connectivity index (χ0n) is 8.30. The monoisotopic (exact) mass is 179 g/mol. The van der Waals surface area contributed by atoms with Gasteiger partial charge in [-0.15, -0.1) is 0 Å². The lowest BCUT2D eigenvalue weighted by Crippen LogP contribution is -2.01. The second-order valence-electron chi connectivity index (χ2n) is 3.48. The van der Waals surface area contributed by atoms with Gasteiger partial charge in [0.25, 0.3) is 0 Å². The topological polar surface area (TPSA) is 46.2 Å². The molecule has 0 bridgehead atoms. The van der Waals surface area contributed by atoms with Crippen molar-refractivity contribution < 1.29 is 5.11 Å². The first-order valence-electron chi connectivity index (χ1n) is 4.64. The van der Waals surface area contributed by atoms with E-state index in [4.69, 9.17) is 5.73 Å². The van der Waals surface area contributed by atoms with E-state index in [1.807, 2.05) is 26.0 Å². The molecule has 0 unspecified atom stereocenters. The van der Waals surface area contributed by atoms with Crippen LogP contribution in [-0.4, -0.2) is 11.7 Å². The van der Waals surface area contributed by atoms with E-state index in [0.717, 1.165) is 24.0 Å². The summed E-state index contributed by atoms with van der Waals surface area (Å²) in [5, 5.41) is 9.71. The van der Waals surface area contributed by atoms with E-state index in [0.29, 0.717) is 12.3 Å². The van der Waals surface area contributed by atoms with Crippen LogP contribution >= 0.6 is 0 Å². The highest BCUT2D eigenvalue weighted by atomic mass is 16.3. The Morgan fingerprint density at radius 2 is 2.00 bits per heavy atom. The third-order valence-electron chi connectivity index (χ3n) is 2.17. The van der Waals surface area contributed by atoms with Crippen molar-refractivity contribution in [3.8, 4) is 5.75 Å². The van der Waals surface area contributed by atoms with E-state index >= 15 is 0 Å². The molecule has 3 N–H and O–H groups in total. The maximum atomic E-state index is 9.71. The third kappa shape index (κ3) is 2.46. The Bertz CT molecular complexity index is 294. The predicted octanol–water partition coefficient (Wildman–Crippen LogP) is 1.90. The van der Waals surface area contributed by atoms with Gasteiger partial charge in [-0.2, -0.15) is 0 Å². The lowest BCUT2D eigenvalue weighted by atomic mass is 10.0. The fourth-order valence-corrected chi connectivity index (χ4v) is 1.53. The molecule has 0 saturated carbocycles. The van der Waals surface area contributed by atoms with Crippen molar-refractivity contribution in [2.45, 2.75) is 26.7 Å². The van der Waals surface area contributed by atoms with Crippen LogP contribution in [0.3, 0.4) is 0 Å². The second-order valence-corrected chi connectivity index (χ2v) is 3.48. The zero-order chi connectivity index (χ0) is 9.84. The molecule has 0 aliphatic heterocycles. The molecule has 1 aromatic carbocycles. The minimum Gasteiger partial charge on any atom is -0.507 e. The van der Waals surface area contributed by atoms with Crippen LogP contribution in [-0.2, 0) is 6.42 Å². The van der Waals surface area contributed by atoms with Crippen molar-refractivity contribution >= 4 is 0 Å². The molecule has 0 atom stereocenters. The molecule has 0 heterocycles. The molecule has 0 aromatic heterocycles. The van der Waals surface area contributed by atoms with Gasteiger partial charge in [0.05, 0.1) is 0 Å². The highest BCUT2D eigenvalue weighted by Crippen LogP contribution is 2.24. The Morgan fingerprint density at radius 1 is 1.31 bits per heavy atom. The summed E-state index contributed by atoms with van der Waals surface area (Å²) in [6, 6.07) is 4.01. The number of phenolic OH excluding ortho intramolecular Hbond substituents is 1. The molecule has 13 heavy (non-hydrogen) atoms. The lowest BCUT2D eigenvalue weighted by molar-refractivity contribution is 0.463. The van der Waals surface area contributed by atoms with Gasteiger partial charge < -0.3 is 10.8 Å². The van der Waals surface area contributed by atoms with Gasteiger partial charge in [0, 0.05) is 0 Å². The maximum absolute atomic E-state index is 9.71. The van der Waals surface area contributed by atoms with E-state index < -0.39 is 0 Å². The van der Waals surface area contributed by atoms with Crippen molar-refractivity contribution in [3.05, 3.63) is 28.8 Å². The molecule has 2 nitrogen and oxygen atoms in total. The summed E-state index contributed by atoms with van der Waals surface area (Å²) in [4.78, 5) is 0. The predicted molar refractivity (Wildman–Crippen MR) is 55.0 cm³/mol. The highest BCUT2D eigenvalue weighted by molar-refractivity contribution is 5.42. The van der Waals surface area contributed by atoms with Crippen molar-refractivity contribution in [1.82, 2.24) is 0 Å². The first kappa shape index (κ1) is 10.1. The number of rotatable bonds is 3. The fourth-order valence-electron chi connectivity index (χ4n) is 1.53. The average Bonchev–Trinajstić information content (AvgIpc) is 2.09. The lowest BCUT2D eigenvalue weighted by Gasteiger charge is -2.08. The fraction of sp³-hybridized carbons (Fsp3) is 0.455. The van der Waals surface area contributed by atoms with Gasteiger partial charge in [-0.05, 0) is 44.4 Å². The van der Waals surface area contributed by atoms with Crippen LogP contribution in [0.1, 0.15) is 23.1 Å². The van der Waals surface area contributed by atoms with Crippen LogP contribution in [0.25, 0.3) is 0 Å². The third-order valence-corrected chi connectivity index (χ3v) is 2.17. The van der Waals surface area contributed by atoms with Crippen LogP contribution in [0, 0.1) is 13.8 Å². The minimum atomic E-state index is 0.430. The van der Waals surface area contributed by atoms with Crippen molar-refractivity contribution in [2.24, 2.45) is 5.73 Å². The van der Waals surface area contributed by atoms with E-state index in [-0.39, 0.29) is 0 Å². The van der Waals surface area contributed by atoms with E-state index in [2.05, 4.69) is 0 Å². The summed E-state index contributed by atoms with van der Waals surface area (Å²) in [6.45, 7) is 4.64. The van der Waals surface area contributed by atoms with Crippen LogP contribution in [0.4, 0.5) is 0 Å². The second kappa shape index (κ2) is 4.28. The minimum absolute atomic E-state index is 0.430. The molecule has 0 fully saturated rings. The summed E-state index contributed by atoms with van der Waals surface area (Å²) in [5.74, 6) is 0.430. The molecule has 0 aliphatic carbocycles. The summed E-state index contributed by atoms with van der Waals surface area (Å²) < 4.78 is 0. The smallest absolute Gasteiger partial charge is 0.121 e. The quantitative estimate of drug-likeness (QED) is 0.744. The number of aromatic hydroxyl groups is 1. The molecule has 0 spiro atoms. The summed E-state index contributed by atoms with van der Waals surface area (Å²) in [7, 11) is 0. The van der Waals surface area contributed by atoms with Crippen molar-refractivity contribution in [2.75, 3.05) is 6.54 Å². The van der Waals surface area contributed by atoms with E-state index in [1.54, 1.807) is 0 Å². The Balaban J connectivity index is 2.92. The van der Waals surface area contributed by atoms with Crippen LogP contribution in [0.15, 0.2) is 12.1 Å². The number of hydrogen-bond acceptors (Lipinski definition) is 2. The molecular formula is C11H17NO. The molecule has 0 radical (unpaired) electrons. The Kier molecular flexibility index (Phi) is 3.32. The van der Waals surface area contributed by atoms with Gasteiger partial charge in [0.15, 0.2) is 0 Å². The molecule has 1 rings (SSSR count). The van der Waals surface area contributed by atoms with Gasteiger partial charge in [-0.1, -0.05) is 17.7 Å². The Hall–Kier alpha value is -1.02. The van der Waals surface area contributed by atoms with E-state index in [9.17, 15) is 5.11 Å². The molecule has 1 aromatic rings. The maximum Gasteiger partial charge on any atom is 0.121 e. The molecule has 0 saturated heterocycles. The SMILES string of the molecule is Cc1cc(C)c(O)c(CCCN)c1. The van der Waals surface area contributed by atoms with Gasteiger partial charge in [-0.25, -0.2) is 0 Å². The molecule has 0 amide bonds. The first-order valence-corrected chi connectivity index (χ1v) is 4.64. The first-order chi connectivity index (χ1) is 6.15. The Morgan fingerprint density at radius 3 is 2.62 bits per heavy atom. The molecule has 2 heteroatoms. The molecular weight excluding hydrogens is 162 g/mol. The van der Waals surface area contributed by atoms with Crippen LogP contribution < -0.4 is 5.73 Å². The van der Waals surface area contributed by atoms with E-state index in [1.165, 1.54) is 5.56 Å². The van der Waals surface area contributed by atoms with Crippen molar-refractivity contribution in [3.63, 3.8) is 0 Å². The summed E-state index contributed by atoms with van der Waals surface area (Å²) >= 11 is 0. The zero-order valence-corrected chi connectivity index (χ0v) is 8.30. The van der Waals surface area contributed by atoms with Crippen LogP contribution in [0.2, 0.25) is 0 Å². The number of phenols is 1. The number of nitrogens with two attached hydrogens (primary N) is 1. The standard InChI is InChI=1S/C11H17NO/c1-8-6-9(2)11(13)10(7-8)4-3-5-12/h6-7,13H,3-5,12H2,1-2H3. The van der Waals surface area contributed by atoms with Crippen molar-refractivity contribution in [1.29, 1.82) is 0 Å². The van der Waals surface area contributed by atoms with Gasteiger partial charge in [-0.3, -0.25) is 0 Å². The largest absolute Gasteiger partial charge is 0.507 e. The highest BCUT2D eigenvalue weighted by Gasteiger charge is 2.04. The summed E-state index contributed by atoms with van der Waals surface area (Å²) in [6.07, 6.45) is 1.79. The van der Waals surface area contributed by atoms with Crippen LogP contribution in [0.5, 0.6) is 5.75 Å². The molecule has 0 aliphatic rings. The molecule has 72 valence electrons. The number of aryl methyl sites for hydroxylation is 3. The average molecular weight is 179 g/mol. The normalized spacial score (nSPS) is 10.4. The van der Waals surface area contributed by atoms with Gasteiger partial charge in [0.1, 0.15) is 5.75 Å². The van der Waals surface area contributed by atoms with Gasteiger partial charge >= 0.3 is 0 Å². The number of hydrogen-bond donors (Lipinski definition) is 2.